The first-order valence-corrected chi connectivity index (χ1v) is 3.86. The fourth-order valence-electron chi connectivity index (χ4n) is 1.17. The van der Waals surface area contributed by atoms with Gasteiger partial charge in [0.15, 0.2) is 0 Å². The molecule has 0 saturated heterocycles. The van der Waals surface area contributed by atoms with Crippen LogP contribution in [0.3, 0.4) is 0 Å². The minimum Gasteiger partial charge on any atom is -0.309 e. The van der Waals surface area contributed by atoms with E-state index in [0.29, 0.717) is 0 Å². The van der Waals surface area contributed by atoms with Crippen molar-refractivity contribution in [2.24, 2.45) is 0 Å². The molecule has 0 amide bonds. The van der Waals surface area contributed by atoms with Gasteiger partial charge in [-0.25, -0.2) is 0 Å². The largest absolute Gasteiger partial charge is 0.309 e. The number of hydrogen-bond acceptors (Lipinski definition) is 2. The highest BCUT2D eigenvalue weighted by atomic mass is 32.1. The SMILES string of the molecule is N=C1Cc2ccsc2C1. The van der Waals surface area contributed by atoms with Crippen LogP contribution in [0, 0.1) is 5.41 Å². The van der Waals surface area contributed by atoms with Gasteiger partial charge < -0.3 is 5.41 Å². The molecule has 0 aromatic carbocycles. The lowest BCUT2D eigenvalue weighted by Crippen LogP contribution is -1.91. The van der Waals surface area contributed by atoms with Gasteiger partial charge in [-0.1, -0.05) is 0 Å². The third-order valence-electron chi connectivity index (χ3n) is 1.62. The van der Waals surface area contributed by atoms with Crippen molar-refractivity contribution in [2.45, 2.75) is 12.8 Å². The van der Waals surface area contributed by atoms with Gasteiger partial charge in [-0.3, -0.25) is 0 Å². The van der Waals surface area contributed by atoms with Crippen molar-refractivity contribution in [3.63, 3.8) is 0 Å². The number of nitrogens with one attached hydrogen (secondary N) is 1. The first kappa shape index (κ1) is 5.18. The fraction of sp³-hybridized carbons (Fsp3) is 0.286. The molecule has 0 aliphatic heterocycles. The molecule has 9 heavy (non-hydrogen) atoms. The molecule has 2 heteroatoms. The summed E-state index contributed by atoms with van der Waals surface area (Å²) in [5, 5.41) is 9.47. The van der Waals surface area contributed by atoms with Crippen molar-refractivity contribution in [3.8, 4) is 0 Å². The Morgan fingerprint density at radius 1 is 1.44 bits per heavy atom. The fourth-order valence-corrected chi connectivity index (χ4v) is 2.11. The van der Waals surface area contributed by atoms with E-state index in [1.807, 2.05) is 0 Å². The molecule has 1 nitrogen and oxygen atoms in total. The second kappa shape index (κ2) is 1.67. The van der Waals surface area contributed by atoms with Crippen LogP contribution in [0.5, 0.6) is 0 Å². The Kier molecular flexibility index (Phi) is 0.963. The van der Waals surface area contributed by atoms with E-state index in [1.165, 1.54) is 10.4 Å². The lowest BCUT2D eigenvalue weighted by Gasteiger charge is -1.82. The summed E-state index contributed by atoms with van der Waals surface area (Å²) in [6.45, 7) is 0. The van der Waals surface area contributed by atoms with Crippen molar-refractivity contribution in [1.82, 2.24) is 0 Å². The van der Waals surface area contributed by atoms with Crippen LogP contribution < -0.4 is 0 Å². The van der Waals surface area contributed by atoms with Crippen LogP contribution in [0.1, 0.15) is 10.4 Å². The third kappa shape index (κ3) is 0.704. The van der Waals surface area contributed by atoms with Crippen LogP contribution in [0.4, 0.5) is 0 Å². The molecule has 1 heterocycles. The van der Waals surface area contributed by atoms with Gasteiger partial charge in [0.25, 0.3) is 0 Å². The van der Waals surface area contributed by atoms with Gasteiger partial charge in [0.05, 0.1) is 0 Å². The van der Waals surface area contributed by atoms with Gasteiger partial charge in [-0.15, -0.1) is 11.3 Å². The zero-order valence-electron chi connectivity index (χ0n) is 4.98. The maximum absolute atomic E-state index is 7.36. The molecule has 0 spiro atoms. The number of fused-ring (bicyclic) bond motifs is 1. The van der Waals surface area contributed by atoms with Crippen LogP contribution in [-0.4, -0.2) is 5.71 Å². The van der Waals surface area contributed by atoms with E-state index in [0.717, 1.165) is 18.6 Å². The molecular weight excluding hydrogens is 130 g/mol. The van der Waals surface area contributed by atoms with Crippen molar-refractivity contribution >= 4 is 17.0 Å². The molecule has 46 valence electrons. The van der Waals surface area contributed by atoms with E-state index in [1.54, 1.807) is 11.3 Å². The van der Waals surface area contributed by atoms with Gasteiger partial charge in [0.2, 0.25) is 0 Å². The second-order valence-corrected chi connectivity index (χ2v) is 3.33. The predicted octanol–water partition coefficient (Wildman–Crippen LogP) is 1.87. The Balaban J connectivity index is 2.49. The molecule has 0 unspecified atom stereocenters. The lowest BCUT2D eigenvalue weighted by atomic mass is 10.3. The summed E-state index contributed by atoms with van der Waals surface area (Å²) >= 11 is 1.77. The maximum atomic E-state index is 7.36. The van der Waals surface area contributed by atoms with Gasteiger partial charge in [0, 0.05) is 23.4 Å². The normalized spacial score (nSPS) is 16.2. The second-order valence-electron chi connectivity index (χ2n) is 2.33. The smallest absolute Gasteiger partial charge is 0.0203 e. The van der Waals surface area contributed by atoms with Crippen molar-refractivity contribution < 1.29 is 0 Å². The molecule has 0 saturated carbocycles. The van der Waals surface area contributed by atoms with E-state index in [9.17, 15) is 0 Å². The number of rotatable bonds is 0. The Hall–Kier alpha value is -0.630. The zero-order chi connectivity index (χ0) is 6.27. The standard InChI is InChI=1S/C7H7NS/c8-6-3-5-1-2-9-7(5)4-6/h1-2,8H,3-4H2. The van der Waals surface area contributed by atoms with Crippen LogP contribution in [0.2, 0.25) is 0 Å². The Morgan fingerprint density at radius 2 is 2.33 bits per heavy atom. The topological polar surface area (TPSA) is 23.9 Å². The highest BCUT2D eigenvalue weighted by Gasteiger charge is 2.15. The number of thiophene rings is 1. The molecular formula is C7H7NS. The molecule has 0 atom stereocenters. The molecule has 1 aromatic heterocycles. The maximum Gasteiger partial charge on any atom is 0.0203 e. The quantitative estimate of drug-likeness (QED) is 0.564. The molecule has 1 N–H and O–H groups in total. The molecule has 1 aliphatic rings. The molecule has 0 radical (unpaired) electrons. The first-order chi connectivity index (χ1) is 4.36. The monoisotopic (exact) mass is 137 g/mol. The van der Waals surface area contributed by atoms with Gasteiger partial charge in [-0.05, 0) is 17.0 Å². The summed E-state index contributed by atoms with van der Waals surface area (Å²) < 4.78 is 0. The van der Waals surface area contributed by atoms with Gasteiger partial charge >= 0.3 is 0 Å². The van der Waals surface area contributed by atoms with Crippen molar-refractivity contribution in [3.05, 3.63) is 21.9 Å². The van der Waals surface area contributed by atoms with Crippen molar-refractivity contribution in [2.75, 3.05) is 0 Å². The third-order valence-corrected chi connectivity index (χ3v) is 2.58. The average molecular weight is 137 g/mol. The highest BCUT2D eigenvalue weighted by molar-refractivity contribution is 7.10. The molecule has 2 rings (SSSR count). The van der Waals surface area contributed by atoms with Gasteiger partial charge in [0.1, 0.15) is 0 Å². The minimum absolute atomic E-state index is 0.872. The van der Waals surface area contributed by atoms with Crippen LogP contribution in [0.15, 0.2) is 11.4 Å². The molecule has 1 aromatic rings. The first-order valence-electron chi connectivity index (χ1n) is 2.98. The predicted molar refractivity (Wildman–Crippen MR) is 39.5 cm³/mol. The van der Waals surface area contributed by atoms with E-state index < -0.39 is 0 Å². The Morgan fingerprint density at radius 3 is 3.11 bits per heavy atom. The molecule has 1 aliphatic carbocycles. The van der Waals surface area contributed by atoms with E-state index >= 15 is 0 Å². The summed E-state index contributed by atoms with van der Waals surface area (Å²) in [5.74, 6) is 0. The molecule has 0 fully saturated rings. The van der Waals surface area contributed by atoms with Gasteiger partial charge in [-0.2, -0.15) is 0 Å². The van der Waals surface area contributed by atoms with Crippen LogP contribution in [0.25, 0.3) is 0 Å². The summed E-state index contributed by atoms with van der Waals surface area (Å²) in [6.07, 6.45) is 1.81. The minimum atomic E-state index is 0.872. The van der Waals surface area contributed by atoms with Crippen molar-refractivity contribution in [1.29, 1.82) is 5.41 Å². The average Bonchev–Trinajstić information content (AvgIpc) is 2.22. The van der Waals surface area contributed by atoms with E-state index in [2.05, 4.69) is 11.4 Å². The van der Waals surface area contributed by atoms with Crippen LogP contribution >= 0.6 is 11.3 Å². The highest BCUT2D eigenvalue weighted by Crippen LogP contribution is 2.24. The lowest BCUT2D eigenvalue weighted by molar-refractivity contribution is 1.32. The molecule has 0 bridgehead atoms. The summed E-state index contributed by atoms with van der Waals surface area (Å²) in [7, 11) is 0. The number of hydrogen-bond donors (Lipinski definition) is 1. The summed E-state index contributed by atoms with van der Waals surface area (Å²) in [5.41, 5.74) is 2.25. The Bertz CT molecular complexity index is 227. The van der Waals surface area contributed by atoms with E-state index in [4.69, 9.17) is 5.41 Å². The summed E-state index contributed by atoms with van der Waals surface area (Å²) in [6, 6.07) is 2.13. The van der Waals surface area contributed by atoms with E-state index in [-0.39, 0.29) is 0 Å². The Labute approximate surface area is 57.8 Å². The zero-order valence-corrected chi connectivity index (χ0v) is 5.79. The van der Waals surface area contributed by atoms with Crippen LogP contribution in [-0.2, 0) is 12.8 Å². The summed E-state index contributed by atoms with van der Waals surface area (Å²) in [4.78, 5) is 1.40.